The average molecular weight is 509 g/mol. The summed E-state index contributed by atoms with van der Waals surface area (Å²) in [4.78, 5) is 49.1. The Hall–Kier alpha value is -4.28. The summed E-state index contributed by atoms with van der Waals surface area (Å²) in [5.74, 6) is -1.04. The van der Waals surface area contributed by atoms with E-state index in [0.29, 0.717) is 22.4 Å². The van der Waals surface area contributed by atoms with E-state index in [1.807, 2.05) is 18.2 Å². The molecule has 37 heavy (non-hydrogen) atoms. The van der Waals surface area contributed by atoms with Gasteiger partial charge in [-0.25, -0.2) is 9.78 Å². The van der Waals surface area contributed by atoms with Crippen molar-refractivity contribution >= 4 is 40.6 Å². The molecule has 0 radical (unpaired) electrons. The zero-order valence-corrected chi connectivity index (χ0v) is 21.0. The van der Waals surface area contributed by atoms with Gasteiger partial charge in [0.15, 0.2) is 5.65 Å². The Morgan fingerprint density at radius 1 is 0.973 bits per heavy atom. The van der Waals surface area contributed by atoms with Gasteiger partial charge in [0.05, 0.1) is 18.6 Å². The molecule has 5 N–H and O–H groups in total. The Morgan fingerprint density at radius 3 is 2.38 bits per heavy atom. The second-order valence-electron chi connectivity index (χ2n) is 8.35. The monoisotopic (exact) mass is 508 g/mol. The van der Waals surface area contributed by atoms with Crippen LogP contribution in [0.3, 0.4) is 0 Å². The molecule has 0 aliphatic heterocycles. The van der Waals surface area contributed by atoms with Gasteiger partial charge in [0.1, 0.15) is 11.9 Å². The van der Waals surface area contributed by atoms with E-state index in [0.717, 1.165) is 30.4 Å². The van der Waals surface area contributed by atoms with Crippen LogP contribution < -0.4 is 16.8 Å². The maximum Gasteiger partial charge on any atom is 0.328 e. The Labute approximate surface area is 215 Å². The third-order valence-corrected chi connectivity index (χ3v) is 5.62. The molecule has 0 saturated heterocycles. The van der Waals surface area contributed by atoms with Gasteiger partial charge in [-0.3, -0.25) is 9.59 Å². The van der Waals surface area contributed by atoms with E-state index in [1.165, 1.54) is 0 Å². The summed E-state index contributed by atoms with van der Waals surface area (Å²) in [6.45, 7) is 3.80. The van der Waals surface area contributed by atoms with Gasteiger partial charge >= 0.3 is 11.9 Å². The largest absolute Gasteiger partial charge is 0.466 e. The van der Waals surface area contributed by atoms with Crippen LogP contribution in [0.2, 0.25) is 0 Å². The van der Waals surface area contributed by atoms with Crippen molar-refractivity contribution < 1.29 is 23.9 Å². The molecule has 1 aromatic carbocycles. The molecule has 0 spiro atoms. The third kappa shape index (κ3) is 7.86. The highest BCUT2D eigenvalue weighted by molar-refractivity contribution is 5.97. The number of fused-ring (bicyclic) bond motifs is 1. The molecule has 0 fully saturated rings. The number of rotatable bonds is 12. The van der Waals surface area contributed by atoms with E-state index >= 15 is 0 Å². The lowest BCUT2D eigenvalue weighted by molar-refractivity contribution is -0.146. The van der Waals surface area contributed by atoms with E-state index in [9.17, 15) is 14.4 Å². The molecular formula is C26H32N6O5. The predicted octanol–water partition coefficient (Wildman–Crippen LogP) is 2.37. The number of carbonyl (C=O) groups excluding carboxylic acids is 3. The first-order chi connectivity index (χ1) is 17.8. The van der Waals surface area contributed by atoms with Crippen LogP contribution in [0.25, 0.3) is 11.0 Å². The molecule has 196 valence electrons. The second kappa shape index (κ2) is 13.1. The lowest BCUT2D eigenvalue weighted by atomic mass is 10.0. The highest BCUT2D eigenvalue weighted by Gasteiger charge is 2.24. The number of hydrogen-bond donors (Lipinski definition) is 3. The van der Waals surface area contributed by atoms with Crippen molar-refractivity contribution in [3.05, 3.63) is 53.2 Å². The summed E-state index contributed by atoms with van der Waals surface area (Å²) >= 11 is 0. The Bertz CT molecular complexity index is 1250. The van der Waals surface area contributed by atoms with E-state index in [-0.39, 0.29) is 32.0 Å². The van der Waals surface area contributed by atoms with Crippen LogP contribution >= 0.6 is 0 Å². The van der Waals surface area contributed by atoms with Crippen molar-refractivity contribution in [3.8, 4) is 0 Å². The summed E-state index contributed by atoms with van der Waals surface area (Å²) < 4.78 is 9.94. The van der Waals surface area contributed by atoms with Crippen LogP contribution in [0.5, 0.6) is 0 Å². The highest BCUT2D eigenvalue weighted by Crippen LogP contribution is 2.19. The van der Waals surface area contributed by atoms with Crippen LogP contribution in [-0.4, -0.2) is 52.1 Å². The number of nitrogen functional groups attached to an aromatic ring is 2. The number of ether oxygens (including phenoxy) is 2. The summed E-state index contributed by atoms with van der Waals surface area (Å²) in [5, 5.41) is 3.34. The number of aromatic nitrogens is 3. The highest BCUT2D eigenvalue weighted by atomic mass is 16.5. The molecule has 3 rings (SSSR count). The lowest BCUT2D eigenvalue weighted by Gasteiger charge is -2.17. The van der Waals surface area contributed by atoms with Crippen LogP contribution in [0.4, 0.5) is 11.8 Å². The van der Waals surface area contributed by atoms with Gasteiger partial charge < -0.3 is 26.3 Å². The van der Waals surface area contributed by atoms with E-state index in [1.54, 1.807) is 32.2 Å². The van der Waals surface area contributed by atoms with Gasteiger partial charge in [0, 0.05) is 18.2 Å². The number of aryl methyl sites for hydroxylation is 2. The minimum Gasteiger partial charge on any atom is -0.466 e. The maximum absolute atomic E-state index is 12.7. The first-order valence-electron chi connectivity index (χ1n) is 12.2. The molecule has 0 saturated carbocycles. The number of amides is 1. The molecule has 2 aromatic heterocycles. The Kier molecular flexibility index (Phi) is 9.70. The van der Waals surface area contributed by atoms with Gasteiger partial charge in [-0.1, -0.05) is 12.1 Å². The van der Waals surface area contributed by atoms with Crippen molar-refractivity contribution in [2.24, 2.45) is 0 Å². The van der Waals surface area contributed by atoms with Gasteiger partial charge in [-0.15, -0.1) is 0 Å². The number of benzene rings is 1. The topological polar surface area (TPSA) is 172 Å². The number of nitrogens with one attached hydrogen (secondary N) is 1. The van der Waals surface area contributed by atoms with Crippen LogP contribution in [0.1, 0.15) is 54.6 Å². The molecule has 0 bridgehead atoms. The normalized spacial score (nSPS) is 11.6. The zero-order valence-electron chi connectivity index (χ0n) is 21.0. The smallest absolute Gasteiger partial charge is 0.328 e. The van der Waals surface area contributed by atoms with Crippen LogP contribution in [0, 0.1) is 0 Å². The molecule has 11 nitrogen and oxygen atoms in total. The fourth-order valence-corrected chi connectivity index (χ4v) is 3.78. The van der Waals surface area contributed by atoms with Gasteiger partial charge in [-0.2, -0.15) is 9.97 Å². The molecule has 3 aromatic rings. The van der Waals surface area contributed by atoms with Crippen LogP contribution in [-0.2, 0) is 31.9 Å². The molecule has 0 aliphatic carbocycles. The molecular weight excluding hydrogens is 476 g/mol. The minimum absolute atomic E-state index is 0.00304. The number of nitrogens with two attached hydrogens (primary N) is 2. The number of hydrogen-bond acceptors (Lipinski definition) is 10. The maximum atomic E-state index is 12.7. The summed E-state index contributed by atoms with van der Waals surface area (Å²) in [6.07, 6.45) is 4.26. The number of pyridine rings is 1. The molecule has 0 unspecified atom stereocenters. The first-order valence-corrected chi connectivity index (χ1v) is 12.2. The van der Waals surface area contributed by atoms with Crippen molar-refractivity contribution in [2.45, 2.75) is 52.0 Å². The predicted molar refractivity (Wildman–Crippen MR) is 138 cm³/mol. The number of anilines is 2. The van der Waals surface area contributed by atoms with Crippen molar-refractivity contribution in [3.63, 3.8) is 0 Å². The van der Waals surface area contributed by atoms with Gasteiger partial charge in [0.2, 0.25) is 5.95 Å². The van der Waals surface area contributed by atoms with E-state index in [4.69, 9.17) is 20.9 Å². The lowest BCUT2D eigenvalue weighted by Crippen LogP contribution is -2.42. The number of carbonyl (C=O) groups is 3. The first kappa shape index (κ1) is 27.3. The molecule has 2 heterocycles. The van der Waals surface area contributed by atoms with E-state index in [2.05, 4.69) is 20.3 Å². The van der Waals surface area contributed by atoms with Crippen molar-refractivity contribution in [1.82, 2.24) is 20.3 Å². The molecule has 1 atom stereocenters. The Balaban J connectivity index is 1.55. The van der Waals surface area contributed by atoms with Crippen LogP contribution in [0.15, 0.2) is 36.5 Å². The van der Waals surface area contributed by atoms with Crippen molar-refractivity contribution in [1.29, 1.82) is 0 Å². The minimum atomic E-state index is -0.942. The number of esters is 2. The fourth-order valence-electron chi connectivity index (χ4n) is 3.78. The van der Waals surface area contributed by atoms with Gasteiger partial charge in [-0.05, 0) is 68.9 Å². The van der Waals surface area contributed by atoms with Crippen molar-refractivity contribution in [2.75, 3.05) is 24.7 Å². The SMILES string of the molecule is CCOC(=O)CC[C@@H](NC(=O)c1ccc(CCCc2cnc3nc(N)nc(N)c3c2)cc1)C(=O)OCC. The second-order valence-corrected chi connectivity index (χ2v) is 8.35. The summed E-state index contributed by atoms with van der Waals surface area (Å²) in [6, 6.07) is 8.14. The third-order valence-electron chi connectivity index (χ3n) is 5.62. The average Bonchev–Trinajstić information content (AvgIpc) is 2.87. The summed E-state index contributed by atoms with van der Waals surface area (Å²) in [7, 11) is 0. The quantitative estimate of drug-likeness (QED) is 0.308. The Morgan fingerprint density at radius 2 is 1.68 bits per heavy atom. The summed E-state index contributed by atoms with van der Waals surface area (Å²) in [5.41, 5.74) is 14.5. The van der Waals surface area contributed by atoms with E-state index < -0.39 is 23.9 Å². The number of nitrogens with zero attached hydrogens (tertiary/aromatic N) is 3. The van der Waals surface area contributed by atoms with Gasteiger partial charge in [0.25, 0.3) is 5.91 Å². The molecule has 0 aliphatic rings. The molecule has 11 heteroatoms. The zero-order chi connectivity index (χ0) is 26.8. The standard InChI is InChI=1S/C26H32N6O5/c1-3-36-21(33)13-12-20(25(35)37-4-2)30-24(34)18-10-8-16(9-11-18)6-5-7-17-14-19-22(27)31-26(28)32-23(19)29-15-17/h8-11,14-15,20H,3-7,12-13H2,1-2H3,(H,30,34)(H4,27,28,29,31,32)/t20-/m1/s1. The molecule has 1 amide bonds. The fraction of sp³-hybridized carbons (Fsp3) is 0.385.